The highest BCUT2D eigenvalue weighted by Crippen LogP contribution is 2.21. The van der Waals surface area contributed by atoms with Crippen molar-refractivity contribution in [2.75, 3.05) is 50.0 Å². The minimum absolute atomic E-state index is 0.0275. The van der Waals surface area contributed by atoms with Crippen LogP contribution in [0, 0.1) is 5.92 Å². The molecule has 2 rings (SSSR count). The third kappa shape index (κ3) is 11.5. The van der Waals surface area contributed by atoms with Gasteiger partial charge in [0.2, 0.25) is 5.91 Å². The molecule has 1 heterocycles. The highest BCUT2D eigenvalue weighted by molar-refractivity contribution is 7.86. The fraction of sp³-hybridized carbons (Fsp3) is 0.708. The first-order chi connectivity index (χ1) is 14.8. The quantitative estimate of drug-likeness (QED) is 0.675. The van der Waals surface area contributed by atoms with E-state index in [1.807, 2.05) is 37.8 Å². The molecule has 31 heavy (non-hydrogen) atoms. The molecule has 1 aliphatic heterocycles. The van der Waals surface area contributed by atoms with Gasteiger partial charge in [0.05, 0.1) is 6.61 Å². The molecule has 2 unspecified atom stereocenters. The summed E-state index contributed by atoms with van der Waals surface area (Å²) in [5.41, 5.74) is 6.59. The van der Waals surface area contributed by atoms with Crippen molar-refractivity contribution in [3.63, 3.8) is 0 Å². The van der Waals surface area contributed by atoms with E-state index in [1.165, 1.54) is 0 Å². The molecule has 7 heteroatoms. The number of carbonyl (C=O) groups excluding carboxylic acids is 1. The second kappa shape index (κ2) is 17.0. The van der Waals surface area contributed by atoms with E-state index in [2.05, 4.69) is 37.8 Å². The van der Waals surface area contributed by atoms with E-state index in [0.29, 0.717) is 32.0 Å². The zero-order chi connectivity index (χ0) is 23.8. The van der Waals surface area contributed by atoms with E-state index < -0.39 is 16.0 Å². The minimum Gasteiger partial charge on any atom is -0.494 e. The Morgan fingerprint density at radius 2 is 1.65 bits per heavy atom. The molecule has 1 aliphatic rings. The van der Waals surface area contributed by atoms with Crippen LogP contribution in [0.5, 0.6) is 5.75 Å². The number of nitrogens with zero attached hydrogens (tertiary/aromatic N) is 2. The number of rotatable bonds is 7. The summed E-state index contributed by atoms with van der Waals surface area (Å²) in [4.78, 5) is 16.7. The number of anilines is 1. The lowest BCUT2D eigenvalue weighted by atomic mass is 10.2. The standard InChI is InChI=1S/C18H29N3O3S.C4H10.C2H6/c1-3-24-17-7-5-16(6-8-17)20-10-4-11-21(13-12-20)18(22)15(2)25(23)14-9-19;1-4(2)3;1-2/h5-8,15H,3-4,9-14,19H2,1-2H3;4H,1-3H3;1-2H3. The first-order valence-electron chi connectivity index (χ1n) is 11.6. The Bertz CT molecular complexity index is 620. The summed E-state index contributed by atoms with van der Waals surface area (Å²) in [5, 5.41) is -0.486. The van der Waals surface area contributed by atoms with Crippen LogP contribution in [0.3, 0.4) is 0 Å². The van der Waals surface area contributed by atoms with Crippen LogP contribution in [0.4, 0.5) is 5.69 Å². The maximum atomic E-state index is 12.6. The Balaban J connectivity index is 0.00000134. The number of nitrogens with two attached hydrogens (primary N) is 1. The van der Waals surface area contributed by atoms with Crippen LogP contribution in [0.25, 0.3) is 0 Å². The molecule has 1 amide bonds. The fourth-order valence-electron chi connectivity index (χ4n) is 2.98. The van der Waals surface area contributed by atoms with Gasteiger partial charge in [0.1, 0.15) is 11.0 Å². The van der Waals surface area contributed by atoms with Gasteiger partial charge in [-0.25, -0.2) is 0 Å². The molecule has 0 aliphatic carbocycles. The second-order valence-electron chi connectivity index (χ2n) is 7.84. The van der Waals surface area contributed by atoms with E-state index in [4.69, 9.17) is 10.5 Å². The topological polar surface area (TPSA) is 75.9 Å². The molecule has 2 atom stereocenters. The zero-order valence-corrected chi connectivity index (χ0v) is 21.5. The molecule has 0 radical (unpaired) electrons. The second-order valence-corrected chi connectivity index (χ2v) is 9.72. The van der Waals surface area contributed by atoms with Crippen LogP contribution in [-0.2, 0) is 15.6 Å². The summed E-state index contributed by atoms with van der Waals surface area (Å²) in [6, 6.07) is 8.07. The monoisotopic (exact) mass is 455 g/mol. The Morgan fingerprint density at radius 3 is 2.16 bits per heavy atom. The van der Waals surface area contributed by atoms with Crippen LogP contribution < -0.4 is 15.4 Å². The molecular formula is C24H45N3O3S. The van der Waals surface area contributed by atoms with Crippen molar-refractivity contribution in [3.05, 3.63) is 24.3 Å². The first kappa shape index (κ1) is 29.4. The average molecular weight is 456 g/mol. The summed E-state index contributed by atoms with van der Waals surface area (Å²) in [5.74, 6) is 2.05. The number of carbonyl (C=O) groups is 1. The lowest BCUT2D eigenvalue weighted by Gasteiger charge is -2.25. The summed E-state index contributed by atoms with van der Waals surface area (Å²) >= 11 is 0. The summed E-state index contributed by atoms with van der Waals surface area (Å²) in [6.07, 6.45) is 0.898. The van der Waals surface area contributed by atoms with Crippen LogP contribution in [-0.4, -0.2) is 65.3 Å². The van der Waals surface area contributed by atoms with Gasteiger partial charge in [-0.3, -0.25) is 9.00 Å². The summed E-state index contributed by atoms with van der Waals surface area (Å²) in [6.45, 7) is 18.2. The minimum atomic E-state index is -1.20. The number of ether oxygens (including phenoxy) is 1. The van der Waals surface area contributed by atoms with Crippen molar-refractivity contribution in [2.45, 2.75) is 60.1 Å². The average Bonchev–Trinajstić information content (AvgIpc) is 3.01. The fourth-order valence-corrected chi connectivity index (χ4v) is 3.94. The first-order valence-corrected chi connectivity index (χ1v) is 13.0. The highest BCUT2D eigenvalue weighted by atomic mass is 32.2. The number of hydrogen-bond acceptors (Lipinski definition) is 5. The van der Waals surface area contributed by atoms with E-state index in [1.54, 1.807) is 6.92 Å². The lowest BCUT2D eigenvalue weighted by molar-refractivity contribution is -0.130. The third-order valence-electron chi connectivity index (χ3n) is 4.38. The smallest absolute Gasteiger partial charge is 0.238 e. The van der Waals surface area contributed by atoms with Gasteiger partial charge in [0, 0.05) is 55.0 Å². The maximum Gasteiger partial charge on any atom is 0.238 e. The molecule has 0 aromatic heterocycles. The van der Waals surface area contributed by atoms with Gasteiger partial charge in [-0.05, 0) is 50.5 Å². The van der Waals surface area contributed by atoms with Gasteiger partial charge < -0.3 is 20.3 Å². The molecule has 2 N–H and O–H groups in total. The largest absolute Gasteiger partial charge is 0.494 e. The molecule has 0 spiro atoms. The summed E-state index contributed by atoms with van der Waals surface area (Å²) < 4.78 is 17.5. The van der Waals surface area contributed by atoms with Crippen LogP contribution in [0.15, 0.2) is 24.3 Å². The normalized spacial score (nSPS) is 15.6. The van der Waals surface area contributed by atoms with Gasteiger partial charge in [-0.1, -0.05) is 34.6 Å². The Kier molecular flexibility index (Phi) is 16.1. The van der Waals surface area contributed by atoms with Gasteiger partial charge in [0.25, 0.3) is 0 Å². The molecule has 180 valence electrons. The van der Waals surface area contributed by atoms with Gasteiger partial charge in [0.15, 0.2) is 0 Å². The Labute approximate surface area is 193 Å². The number of amides is 1. The van der Waals surface area contributed by atoms with Crippen molar-refractivity contribution < 1.29 is 13.7 Å². The molecule has 0 saturated carbocycles. The van der Waals surface area contributed by atoms with Crippen molar-refractivity contribution in [2.24, 2.45) is 11.7 Å². The van der Waals surface area contributed by atoms with E-state index in [9.17, 15) is 9.00 Å². The van der Waals surface area contributed by atoms with Crippen molar-refractivity contribution in [1.29, 1.82) is 0 Å². The maximum absolute atomic E-state index is 12.6. The van der Waals surface area contributed by atoms with Crippen molar-refractivity contribution >= 4 is 22.4 Å². The highest BCUT2D eigenvalue weighted by Gasteiger charge is 2.26. The van der Waals surface area contributed by atoms with Gasteiger partial charge >= 0.3 is 0 Å². The van der Waals surface area contributed by atoms with Crippen molar-refractivity contribution in [1.82, 2.24) is 4.90 Å². The SMILES string of the molecule is CC.CC(C)C.CCOc1ccc(N2CCCN(C(=O)C(C)S(=O)CCN)CC2)cc1. The molecule has 1 aromatic rings. The van der Waals surface area contributed by atoms with Crippen LogP contribution in [0.1, 0.15) is 54.9 Å². The van der Waals surface area contributed by atoms with E-state index >= 15 is 0 Å². The van der Waals surface area contributed by atoms with Crippen LogP contribution >= 0.6 is 0 Å². The van der Waals surface area contributed by atoms with Crippen molar-refractivity contribution in [3.8, 4) is 5.75 Å². The predicted molar refractivity (Wildman–Crippen MR) is 134 cm³/mol. The van der Waals surface area contributed by atoms with Crippen LogP contribution in [0.2, 0.25) is 0 Å². The number of hydrogen-bond donors (Lipinski definition) is 1. The molecule has 0 bridgehead atoms. The van der Waals surface area contributed by atoms with E-state index in [0.717, 1.165) is 36.9 Å². The Hall–Kier alpha value is -1.60. The van der Waals surface area contributed by atoms with Gasteiger partial charge in [-0.2, -0.15) is 0 Å². The van der Waals surface area contributed by atoms with E-state index in [-0.39, 0.29) is 5.91 Å². The number of benzene rings is 1. The lowest BCUT2D eigenvalue weighted by Crippen LogP contribution is -2.42. The molecule has 1 saturated heterocycles. The summed E-state index contributed by atoms with van der Waals surface area (Å²) in [7, 11) is -1.20. The van der Waals surface area contributed by atoms with Gasteiger partial charge in [-0.15, -0.1) is 0 Å². The molecular weight excluding hydrogens is 410 g/mol. The zero-order valence-electron chi connectivity index (χ0n) is 20.7. The molecule has 6 nitrogen and oxygen atoms in total. The third-order valence-corrected chi connectivity index (χ3v) is 6.01. The Morgan fingerprint density at radius 1 is 1.06 bits per heavy atom. The molecule has 1 fully saturated rings. The predicted octanol–water partition coefficient (Wildman–Crippen LogP) is 3.91. The molecule has 1 aromatic carbocycles.